The number of hydrogen-bond acceptors (Lipinski definition) is 3. The van der Waals surface area contributed by atoms with E-state index in [0.717, 1.165) is 29.9 Å². The summed E-state index contributed by atoms with van der Waals surface area (Å²) < 4.78 is 15.9. The van der Waals surface area contributed by atoms with Gasteiger partial charge in [0.25, 0.3) is 0 Å². The maximum atomic E-state index is 10.6. The first-order valence-electron chi connectivity index (χ1n) is 19.8. The quantitative estimate of drug-likeness (QED) is 0.0259. The van der Waals surface area contributed by atoms with Crippen LogP contribution in [0.2, 0.25) is 0 Å². The second kappa shape index (κ2) is 37.4. The maximum Gasteiger partial charge on any atom is 0.469 e. The molecule has 0 fully saturated rings. The number of rotatable bonds is 39. The molecule has 0 aliphatic carbocycles. The molecule has 0 heterocycles. The number of hydrogen-bond donors (Lipinski definition) is 3. The van der Waals surface area contributed by atoms with Gasteiger partial charge < -0.3 is 9.79 Å². The van der Waals surface area contributed by atoms with Crippen LogP contribution in [0.3, 0.4) is 0 Å². The molecule has 270 valence electrons. The highest BCUT2D eigenvalue weighted by atomic mass is 32.1. The lowest BCUT2D eigenvalue weighted by molar-refractivity contribution is 0.193. The van der Waals surface area contributed by atoms with Crippen molar-refractivity contribution in [2.75, 3.05) is 6.61 Å². The second-order valence-electron chi connectivity index (χ2n) is 13.8. The molecule has 0 saturated carbocycles. The lowest BCUT2D eigenvalue weighted by atomic mass is 10.0. The first-order chi connectivity index (χ1) is 21.9. The molecule has 0 amide bonds. The summed E-state index contributed by atoms with van der Waals surface area (Å²) in [5, 5.41) is 0. The Kier molecular flexibility index (Phi) is 37.8. The Morgan fingerprint density at radius 3 is 0.756 bits per heavy atom. The fourth-order valence-electron chi connectivity index (χ4n) is 6.40. The summed E-state index contributed by atoms with van der Waals surface area (Å²) in [6, 6.07) is 0. The number of thiol groups is 1. The molecule has 45 heavy (non-hydrogen) atoms. The zero-order valence-electron chi connectivity index (χ0n) is 29.7. The number of phosphoric ester groups is 1. The molecule has 2 N–H and O–H groups in total. The Morgan fingerprint density at radius 1 is 0.400 bits per heavy atom. The molecule has 0 aromatic heterocycles. The van der Waals surface area contributed by atoms with Crippen LogP contribution in [0.5, 0.6) is 0 Å². The predicted molar refractivity (Wildman–Crippen MR) is 206 cm³/mol. The zero-order chi connectivity index (χ0) is 32.9. The van der Waals surface area contributed by atoms with Crippen LogP contribution in [0.4, 0.5) is 0 Å². The molecule has 0 unspecified atom stereocenters. The molecule has 0 aromatic carbocycles. The summed E-state index contributed by atoms with van der Waals surface area (Å²) in [7, 11) is -4.27. The maximum absolute atomic E-state index is 10.6. The third kappa shape index (κ3) is 44.5. The van der Waals surface area contributed by atoms with Gasteiger partial charge in [-0.15, -0.1) is 12.6 Å². The van der Waals surface area contributed by atoms with Crippen molar-refractivity contribution < 1.29 is 18.9 Å². The molecule has 0 radical (unpaired) electrons. The average Bonchev–Trinajstić information content (AvgIpc) is 2.99. The van der Waals surface area contributed by atoms with Gasteiger partial charge in [-0.3, -0.25) is 4.52 Å². The predicted octanol–water partition coefficient (Wildman–Crippen LogP) is 14.4. The average molecular weight is 693 g/mol. The van der Waals surface area contributed by atoms with Crippen LogP contribution >= 0.6 is 32.7 Å². The normalized spacial score (nSPS) is 11.9. The van der Waals surface area contributed by atoms with E-state index in [2.05, 4.69) is 17.2 Å². The number of phosphoric acid groups is 1. The lowest BCUT2D eigenvalue weighted by Crippen LogP contribution is -1.92. The molecule has 0 aliphatic heterocycles. The van der Waals surface area contributed by atoms with Gasteiger partial charge in [-0.05, 0) is 19.3 Å². The minimum atomic E-state index is -4.27. The van der Waals surface area contributed by atoms with Gasteiger partial charge in [-0.2, -0.15) is 0 Å². The van der Waals surface area contributed by atoms with E-state index in [1.165, 1.54) is 205 Å². The van der Waals surface area contributed by atoms with Gasteiger partial charge >= 0.3 is 7.82 Å². The molecule has 0 saturated heterocycles. The van der Waals surface area contributed by atoms with E-state index < -0.39 is 7.82 Å². The van der Waals surface area contributed by atoms with Gasteiger partial charge in [0.1, 0.15) is 0 Å². The van der Waals surface area contributed by atoms with Crippen LogP contribution in [0.15, 0.2) is 0 Å². The fraction of sp³-hybridized carbons (Fsp3) is 0.974. The highest BCUT2D eigenvalue weighted by molar-refractivity contribution is 8.11. The van der Waals surface area contributed by atoms with Gasteiger partial charge in [0.05, 0.1) is 6.61 Å². The smallest absolute Gasteiger partial charge is 0.303 e. The van der Waals surface area contributed by atoms with Crippen molar-refractivity contribution in [3.05, 3.63) is 0 Å². The Balaban J connectivity index is 3.06. The molecule has 0 aliphatic rings. The molecule has 4 nitrogen and oxygen atoms in total. The summed E-state index contributed by atoms with van der Waals surface area (Å²) in [5.41, 5.74) is 0. The standard InChI is InChI=1S/C38H77O4PS2/c39-43(40,41)42-37-35-33-31-29-27-25-23-21-19-17-15-13-11-9-7-5-3-1-2-4-6-8-10-12-14-16-18-20-22-24-26-28-30-32-34-36-38(44)45/h1-37H2,(H,44,45)(H2,39,40,41). The van der Waals surface area contributed by atoms with Crippen LogP contribution < -0.4 is 0 Å². The number of thiocarbonyl (C=S) groups is 1. The van der Waals surface area contributed by atoms with Crippen molar-refractivity contribution in [2.24, 2.45) is 0 Å². The Hall–Kier alpha value is 0.550. The Bertz CT molecular complexity index is 643. The van der Waals surface area contributed by atoms with Gasteiger partial charge in [0.15, 0.2) is 0 Å². The van der Waals surface area contributed by atoms with Crippen molar-refractivity contribution in [1.82, 2.24) is 0 Å². The first kappa shape index (κ1) is 45.6. The van der Waals surface area contributed by atoms with E-state index in [4.69, 9.17) is 22.0 Å². The molecule has 0 atom stereocenters. The van der Waals surface area contributed by atoms with E-state index in [-0.39, 0.29) is 6.61 Å². The molecule has 0 rings (SSSR count). The van der Waals surface area contributed by atoms with Crippen LogP contribution in [0, 0.1) is 0 Å². The van der Waals surface area contributed by atoms with E-state index in [1.807, 2.05) is 0 Å². The molecule has 0 bridgehead atoms. The summed E-state index contributed by atoms with van der Waals surface area (Å²) >= 11 is 9.21. The van der Waals surface area contributed by atoms with Gasteiger partial charge in [0, 0.05) is 4.20 Å². The van der Waals surface area contributed by atoms with E-state index in [9.17, 15) is 4.57 Å². The fourth-order valence-corrected chi connectivity index (χ4v) is 7.06. The van der Waals surface area contributed by atoms with Gasteiger partial charge in [-0.25, -0.2) is 4.57 Å². The molecule has 7 heteroatoms. The SMILES string of the molecule is O=P(O)(O)OCCCCCCCCCCCCCCCCCCCCCCCCCCCCCCCCCCCCCC(=S)S. The minimum Gasteiger partial charge on any atom is -0.303 e. The van der Waals surface area contributed by atoms with Crippen molar-refractivity contribution in [3.8, 4) is 0 Å². The highest BCUT2D eigenvalue weighted by Gasteiger charge is 2.12. The van der Waals surface area contributed by atoms with Crippen LogP contribution in [-0.2, 0) is 9.09 Å². The largest absolute Gasteiger partial charge is 0.469 e. The van der Waals surface area contributed by atoms with Crippen molar-refractivity contribution in [3.63, 3.8) is 0 Å². The first-order valence-corrected chi connectivity index (χ1v) is 22.2. The zero-order valence-corrected chi connectivity index (χ0v) is 32.3. The van der Waals surface area contributed by atoms with E-state index in [1.54, 1.807) is 0 Å². The molecular weight excluding hydrogens is 616 g/mol. The summed E-state index contributed by atoms with van der Waals surface area (Å²) in [6.07, 6.45) is 49.1. The van der Waals surface area contributed by atoms with Crippen molar-refractivity contribution >= 4 is 36.9 Å². The monoisotopic (exact) mass is 693 g/mol. The number of unbranched alkanes of at least 4 members (excludes halogenated alkanes) is 34. The van der Waals surface area contributed by atoms with Crippen LogP contribution in [0.1, 0.15) is 231 Å². The lowest BCUT2D eigenvalue weighted by Gasteiger charge is -2.05. The van der Waals surface area contributed by atoms with E-state index in [0.29, 0.717) is 0 Å². The van der Waals surface area contributed by atoms with Crippen molar-refractivity contribution in [2.45, 2.75) is 231 Å². The van der Waals surface area contributed by atoms with Crippen LogP contribution in [-0.4, -0.2) is 20.6 Å². The molecule has 0 spiro atoms. The topological polar surface area (TPSA) is 66.8 Å². The summed E-state index contributed by atoms with van der Waals surface area (Å²) in [5.74, 6) is 0. The summed E-state index contributed by atoms with van der Waals surface area (Å²) in [4.78, 5) is 17.3. The molecule has 0 aromatic rings. The third-order valence-corrected chi connectivity index (χ3v) is 10.2. The van der Waals surface area contributed by atoms with Gasteiger partial charge in [-0.1, -0.05) is 224 Å². The second-order valence-corrected chi connectivity index (χ2v) is 16.4. The van der Waals surface area contributed by atoms with Crippen LogP contribution in [0.25, 0.3) is 0 Å². The van der Waals surface area contributed by atoms with E-state index >= 15 is 0 Å². The highest BCUT2D eigenvalue weighted by Crippen LogP contribution is 2.35. The minimum absolute atomic E-state index is 0.168. The summed E-state index contributed by atoms with van der Waals surface area (Å²) in [6.45, 7) is 0.168. The third-order valence-electron chi connectivity index (χ3n) is 9.29. The Morgan fingerprint density at radius 2 is 0.578 bits per heavy atom. The molecular formula is C38H77O4PS2. The Labute approximate surface area is 292 Å². The van der Waals surface area contributed by atoms with Gasteiger partial charge in [0.2, 0.25) is 0 Å². The van der Waals surface area contributed by atoms with Crippen molar-refractivity contribution in [1.29, 1.82) is 0 Å².